The van der Waals surface area contributed by atoms with Crippen molar-refractivity contribution >= 4 is 30.0 Å². The maximum atomic E-state index is 10.8. The molecule has 0 atom stereocenters. The summed E-state index contributed by atoms with van der Waals surface area (Å²) in [5.74, 6) is 0.504. The Kier molecular flexibility index (Phi) is 8.24. The van der Waals surface area contributed by atoms with Gasteiger partial charge in [-0.3, -0.25) is 4.79 Å². The number of benzene rings is 1. The predicted octanol–water partition coefficient (Wildman–Crippen LogP) is 4.31. The molecule has 2 rings (SSSR count). The highest BCUT2D eigenvalue weighted by Gasteiger charge is 2.06. The summed E-state index contributed by atoms with van der Waals surface area (Å²) in [6, 6.07) is 5.72. The molecule has 1 aromatic heterocycles. The average Bonchev–Trinajstić information content (AvgIpc) is 2.95. The Morgan fingerprint density at radius 1 is 1.45 bits per heavy atom. The van der Waals surface area contributed by atoms with Crippen LogP contribution in [0.1, 0.15) is 42.2 Å². The highest BCUT2D eigenvalue weighted by Crippen LogP contribution is 2.22. The summed E-state index contributed by atoms with van der Waals surface area (Å²) in [6.45, 7) is 7.05. The Morgan fingerprint density at radius 2 is 2.18 bits per heavy atom. The first-order valence-electron chi connectivity index (χ1n) is 7.05. The molecule has 0 saturated carbocycles. The van der Waals surface area contributed by atoms with Gasteiger partial charge in [0.2, 0.25) is 5.89 Å². The molecule has 0 aliphatic rings. The van der Waals surface area contributed by atoms with Gasteiger partial charge in [-0.2, -0.15) is 0 Å². The molecule has 1 aromatic carbocycles. The zero-order valence-electron chi connectivity index (χ0n) is 13.0. The van der Waals surface area contributed by atoms with E-state index in [0.29, 0.717) is 18.1 Å². The normalized spacial score (nSPS) is 10.0. The van der Waals surface area contributed by atoms with Crippen LogP contribution in [0.25, 0.3) is 0 Å². The topological polar surface area (TPSA) is 55.1 Å². The van der Waals surface area contributed by atoms with Gasteiger partial charge in [-0.25, -0.2) is 4.98 Å². The summed E-state index contributed by atoms with van der Waals surface area (Å²) in [7, 11) is 0. The molecule has 2 aromatic rings. The van der Waals surface area contributed by atoms with E-state index in [4.69, 9.17) is 16.0 Å². The summed E-state index contributed by atoms with van der Waals surface area (Å²) in [5.41, 5.74) is 1.51. The molecule has 6 heteroatoms. The Hall–Kier alpha value is -1.30. The molecule has 0 amide bonds. The first-order chi connectivity index (χ1) is 10.5. The second kappa shape index (κ2) is 9.66. The maximum Gasteiger partial charge on any atom is 0.208 e. The maximum absolute atomic E-state index is 10.8. The van der Waals surface area contributed by atoms with Crippen molar-refractivity contribution in [3.05, 3.63) is 46.6 Å². The van der Waals surface area contributed by atoms with E-state index in [9.17, 15) is 4.79 Å². The number of hydrogen-bond acceptors (Lipinski definition) is 5. The molecule has 1 N–H and O–H groups in total. The van der Waals surface area contributed by atoms with E-state index < -0.39 is 0 Å². The molecule has 0 spiro atoms. The third-order valence-corrected chi connectivity index (χ3v) is 3.84. The Balaban J connectivity index is 0.000000235. The number of rotatable bonds is 5. The van der Waals surface area contributed by atoms with Crippen molar-refractivity contribution in [1.29, 1.82) is 0 Å². The van der Waals surface area contributed by atoms with Gasteiger partial charge in [-0.05, 0) is 31.5 Å². The van der Waals surface area contributed by atoms with Gasteiger partial charge in [-0.1, -0.05) is 30.7 Å². The molecule has 22 heavy (non-hydrogen) atoms. The van der Waals surface area contributed by atoms with Crippen LogP contribution in [0.4, 0.5) is 0 Å². The number of oxazole rings is 1. The second-order valence-corrected chi connectivity index (χ2v) is 5.62. The van der Waals surface area contributed by atoms with Crippen molar-refractivity contribution < 1.29 is 9.21 Å². The minimum atomic E-state index is -0.0644. The quantitative estimate of drug-likeness (QED) is 0.483. The van der Waals surface area contributed by atoms with Crippen LogP contribution < -0.4 is 5.32 Å². The third kappa shape index (κ3) is 6.22. The third-order valence-electron chi connectivity index (χ3n) is 2.80. The van der Waals surface area contributed by atoms with E-state index in [0.717, 1.165) is 28.4 Å². The van der Waals surface area contributed by atoms with Crippen molar-refractivity contribution in [3.63, 3.8) is 0 Å². The number of ketones is 1. The minimum Gasteiger partial charge on any atom is -0.447 e. The highest BCUT2D eigenvalue weighted by atomic mass is 35.5. The van der Waals surface area contributed by atoms with Crippen molar-refractivity contribution in [2.75, 3.05) is 6.54 Å². The molecule has 0 unspecified atom stereocenters. The number of hydrogen-bond donors (Lipinski definition) is 2. The summed E-state index contributed by atoms with van der Waals surface area (Å²) < 4.78 is 5.08. The summed E-state index contributed by atoms with van der Waals surface area (Å²) in [4.78, 5) is 15.7. The van der Waals surface area contributed by atoms with Gasteiger partial charge in [0.15, 0.2) is 5.78 Å². The minimum absolute atomic E-state index is 0.0644. The summed E-state index contributed by atoms with van der Waals surface area (Å²) >= 11 is 9.92. The Bertz CT molecular complexity index is 594. The number of thiol groups is 1. The van der Waals surface area contributed by atoms with Crippen molar-refractivity contribution in [2.24, 2.45) is 0 Å². The van der Waals surface area contributed by atoms with Crippen LogP contribution in [0, 0.1) is 6.92 Å². The largest absolute Gasteiger partial charge is 0.447 e. The van der Waals surface area contributed by atoms with Crippen LogP contribution in [-0.2, 0) is 6.54 Å². The molecule has 1 heterocycles. The molecule has 0 aliphatic carbocycles. The lowest BCUT2D eigenvalue weighted by molar-refractivity contribution is 0.101. The zero-order valence-corrected chi connectivity index (χ0v) is 14.7. The predicted molar refractivity (Wildman–Crippen MR) is 91.9 cm³/mol. The van der Waals surface area contributed by atoms with Crippen LogP contribution in [-0.4, -0.2) is 17.3 Å². The second-order valence-electron chi connectivity index (χ2n) is 4.76. The van der Waals surface area contributed by atoms with E-state index in [1.807, 2.05) is 25.1 Å². The van der Waals surface area contributed by atoms with E-state index in [-0.39, 0.29) is 5.78 Å². The first kappa shape index (κ1) is 18.7. The smallest absolute Gasteiger partial charge is 0.208 e. The molecular weight excluding hydrogens is 320 g/mol. The lowest BCUT2D eigenvalue weighted by atomic mass is 10.2. The zero-order chi connectivity index (χ0) is 16.5. The molecule has 4 nitrogen and oxygen atoms in total. The lowest BCUT2D eigenvalue weighted by Crippen LogP contribution is -2.14. The van der Waals surface area contributed by atoms with Crippen molar-refractivity contribution in [1.82, 2.24) is 10.3 Å². The van der Waals surface area contributed by atoms with Crippen molar-refractivity contribution in [2.45, 2.75) is 38.6 Å². The lowest BCUT2D eigenvalue weighted by Gasteiger charge is -1.97. The van der Waals surface area contributed by atoms with E-state index in [1.54, 1.807) is 0 Å². The van der Waals surface area contributed by atoms with Crippen molar-refractivity contribution in [3.8, 4) is 0 Å². The highest BCUT2D eigenvalue weighted by molar-refractivity contribution is 7.80. The molecule has 0 saturated heterocycles. The molecular formula is C16H21ClN2O2S. The van der Waals surface area contributed by atoms with Crippen LogP contribution in [0.5, 0.6) is 0 Å². The summed E-state index contributed by atoms with van der Waals surface area (Å²) in [5, 5.41) is 3.86. The van der Waals surface area contributed by atoms with E-state index in [1.165, 1.54) is 13.2 Å². The van der Waals surface area contributed by atoms with Gasteiger partial charge in [0.05, 0.1) is 11.6 Å². The van der Waals surface area contributed by atoms with Crippen LogP contribution in [0.15, 0.2) is 33.8 Å². The van der Waals surface area contributed by atoms with Gasteiger partial charge >= 0.3 is 0 Å². The van der Waals surface area contributed by atoms with E-state index in [2.05, 4.69) is 29.9 Å². The number of Topliss-reactive ketones (excluding diaryl/α,β-unsaturated/α-hetero) is 1. The molecule has 0 fully saturated rings. The molecule has 0 radical (unpaired) electrons. The number of aromatic nitrogens is 1. The van der Waals surface area contributed by atoms with Gasteiger partial charge < -0.3 is 9.73 Å². The van der Waals surface area contributed by atoms with E-state index >= 15 is 0 Å². The fourth-order valence-electron chi connectivity index (χ4n) is 1.55. The monoisotopic (exact) mass is 340 g/mol. The van der Waals surface area contributed by atoms with Gasteiger partial charge in [0.25, 0.3) is 0 Å². The Morgan fingerprint density at radius 3 is 2.68 bits per heavy atom. The number of carbonyl (C=O) groups is 1. The number of aryl methyl sites for hydroxylation is 1. The van der Waals surface area contributed by atoms with Gasteiger partial charge in [-0.15, -0.1) is 12.6 Å². The van der Waals surface area contributed by atoms with Crippen LogP contribution in [0.3, 0.4) is 0 Å². The number of nitrogens with one attached hydrogen (secondary N) is 1. The number of halogens is 1. The first-order valence-corrected chi connectivity index (χ1v) is 7.88. The van der Waals surface area contributed by atoms with Gasteiger partial charge in [0, 0.05) is 11.8 Å². The number of carbonyl (C=O) groups excluding carboxylic acids is 1. The average molecular weight is 341 g/mol. The molecule has 0 aliphatic heterocycles. The molecule has 0 bridgehead atoms. The fraction of sp³-hybridized carbons (Fsp3) is 0.375. The number of nitrogens with zero attached hydrogens (tertiary/aromatic N) is 1. The standard InChI is InChI=1S/C9H14N2O2.C7H7ClS/c1-3-4-10-5-9-11-8(6-13-9)7(2)12;1-5-3-2-4-6(8)7(5)9/h6,10H,3-5H2,1-2H3;2-4,9H,1H3. The molecule has 120 valence electrons. The van der Waals surface area contributed by atoms with Crippen LogP contribution in [0.2, 0.25) is 5.02 Å². The SMILES string of the molecule is CCCNCc1nc(C(C)=O)co1.Cc1cccc(Cl)c1S. The summed E-state index contributed by atoms with van der Waals surface area (Å²) in [6.07, 6.45) is 2.46. The van der Waals surface area contributed by atoms with Crippen LogP contribution >= 0.6 is 24.2 Å². The fourth-order valence-corrected chi connectivity index (χ4v) is 1.92. The Labute approximate surface area is 141 Å². The van der Waals surface area contributed by atoms with Gasteiger partial charge in [0.1, 0.15) is 12.0 Å².